The molecule has 1 aromatic rings. The molecule has 22 heavy (non-hydrogen) atoms. The number of rotatable bonds is 9. The minimum absolute atomic E-state index is 0.393. The maximum atomic E-state index is 12.0. The molecule has 122 valence electrons. The van der Waals surface area contributed by atoms with Crippen LogP contribution in [0.2, 0.25) is 0 Å². The van der Waals surface area contributed by atoms with Gasteiger partial charge in [-0.1, -0.05) is 22.9 Å². The van der Waals surface area contributed by atoms with Gasteiger partial charge in [0.05, 0.1) is 0 Å². The summed E-state index contributed by atoms with van der Waals surface area (Å²) in [5.41, 5.74) is 0. The van der Waals surface area contributed by atoms with Crippen molar-refractivity contribution in [3.63, 3.8) is 0 Å². The van der Waals surface area contributed by atoms with Gasteiger partial charge in [-0.25, -0.2) is 4.79 Å². The Hall–Kier alpha value is -1.21. The number of amides is 1. The number of nitrogens with one attached hydrogen (secondary N) is 1. The predicted molar refractivity (Wildman–Crippen MR) is 91.4 cm³/mol. The molecule has 0 heterocycles. The second-order valence-electron chi connectivity index (χ2n) is 4.60. The second kappa shape index (κ2) is 9.74. The minimum atomic E-state index is -1.03. The van der Waals surface area contributed by atoms with Crippen LogP contribution in [0, 0.1) is 0 Å². The van der Waals surface area contributed by atoms with Crippen LogP contribution >= 0.6 is 27.7 Å². The van der Waals surface area contributed by atoms with E-state index in [0.29, 0.717) is 17.9 Å². The summed E-state index contributed by atoms with van der Waals surface area (Å²) in [5.74, 6) is 0.705. The summed E-state index contributed by atoms with van der Waals surface area (Å²) in [7, 11) is 0. The molecule has 2 atom stereocenters. The molecule has 2 unspecified atom stereocenters. The van der Waals surface area contributed by atoms with E-state index in [1.54, 1.807) is 30.8 Å². The zero-order valence-electron chi connectivity index (χ0n) is 12.5. The van der Waals surface area contributed by atoms with E-state index in [9.17, 15) is 9.59 Å². The van der Waals surface area contributed by atoms with Crippen LogP contribution in [0.5, 0.6) is 5.75 Å². The standard InChI is InChI=1S/C15H20BrNO4S/c1-3-22-9-8-13(15(19)20)17-14(18)10(2)21-12-6-4-11(16)5-7-12/h4-7,10,13H,3,8-9H2,1-2H3,(H,17,18)(H,19,20). The van der Waals surface area contributed by atoms with Crippen molar-refractivity contribution in [1.29, 1.82) is 0 Å². The highest BCUT2D eigenvalue weighted by Crippen LogP contribution is 2.17. The van der Waals surface area contributed by atoms with Crippen molar-refractivity contribution in [2.75, 3.05) is 11.5 Å². The van der Waals surface area contributed by atoms with Gasteiger partial charge in [-0.15, -0.1) is 0 Å². The number of carboxylic acids is 1. The normalized spacial score (nSPS) is 13.2. The molecule has 0 aromatic heterocycles. The van der Waals surface area contributed by atoms with E-state index < -0.39 is 24.0 Å². The lowest BCUT2D eigenvalue weighted by Gasteiger charge is -2.18. The van der Waals surface area contributed by atoms with Gasteiger partial charge in [-0.05, 0) is 49.1 Å². The summed E-state index contributed by atoms with van der Waals surface area (Å²) in [4.78, 5) is 23.2. The third-order valence-corrected chi connectivity index (χ3v) is 4.33. The first-order valence-electron chi connectivity index (χ1n) is 6.97. The molecule has 1 aromatic carbocycles. The van der Waals surface area contributed by atoms with E-state index in [2.05, 4.69) is 21.2 Å². The van der Waals surface area contributed by atoms with Crippen molar-refractivity contribution < 1.29 is 19.4 Å². The summed E-state index contributed by atoms with van der Waals surface area (Å²) in [5, 5.41) is 11.7. The molecule has 0 spiro atoms. The predicted octanol–water partition coefficient (Wildman–Crippen LogP) is 2.93. The lowest BCUT2D eigenvalue weighted by atomic mass is 10.2. The van der Waals surface area contributed by atoms with E-state index in [1.165, 1.54) is 0 Å². The topological polar surface area (TPSA) is 75.6 Å². The molecule has 0 radical (unpaired) electrons. The Morgan fingerprint density at radius 2 is 2.00 bits per heavy atom. The molecule has 0 aliphatic heterocycles. The van der Waals surface area contributed by atoms with Crippen LogP contribution in [-0.2, 0) is 9.59 Å². The average Bonchev–Trinajstić information content (AvgIpc) is 2.48. The number of carbonyl (C=O) groups is 2. The van der Waals surface area contributed by atoms with Gasteiger partial charge >= 0.3 is 5.97 Å². The van der Waals surface area contributed by atoms with Gasteiger partial charge in [-0.3, -0.25) is 4.79 Å². The van der Waals surface area contributed by atoms with Crippen molar-refractivity contribution in [3.05, 3.63) is 28.7 Å². The Morgan fingerprint density at radius 3 is 2.55 bits per heavy atom. The molecule has 0 saturated carbocycles. The second-order valence-corrected chi connectivity index (χ2v) is 6.91. The van der Waals surface area contributed by atoms with E-state index in [0.717, 1.165) is 10.2 Å². The Bertz CT molecular complexity index is 495. The number of aliphatic carboxylic acids is 1. The van der Waals surface area contributed by atoms with Gasteiger partial charge in [0.15, 0.2) is 6.10 Å². The highest BCUT2D eigenvalue weighted by Gasteiger charge is 2.23. The minimum Gasteiger partial charge on any atom is -0.481 e. The first-order valence-corrected chi connectivity index (χ1v) is 8.92. The number of halogens is 1. The van der Waals surface area contributed by atoms with Gasteiger partial charge in [0, 0.05) is 4.47 Å². The first kappa shape index (κ1) is 18.8. The van der Waals surface area contributed by atoms with Gasteiger partial charge in [0.1, 0.15) is 11.8 Å². The Labute approximate surface area is 142 Å². The zero-order chi connectivity index (χ0) is 16.5. The van der Waals surface area contributed by atoms with E-state index in [1.807, 2.05) is 19.1 Å². The average molecular weight is 390 g/mol. The molecular weight excluding hydrogens is 370 g/mol. The number of benzene rings is 1. The highest BCUT2D eigenvalue weighted by atomic mass is 79.9. The number of hydrogen-bond acceptors (Lipinski definition) is 4. The smallest absolute Gasteiger partial charge is 0.326 e. The van der Waals surface area contributed by atoms with Crippen LogP contribution in [0.1, 0.15) is 20.3 Å². The number of carbonyl (C=O) groups excluding carboxylic acids is 1. The number of carboxylic acid groups (broad SMARTS) is 1. The van der Waals surface area contributed by atoms with Gasteiger partial charge in [0.2, 0.25) is 0 Å². The molecule has 7 heteroatoms. The lowest BCUT2D eigenvalue weighted by Crippen LogP contribution is -2.46. The van der Waals surface area contributed by atoms with Crippen LogP contribution in [0.4, 0.5) is 0 Å². The largest absolute Gasteiger partial charge is 0.481 e. The quantitative estimate of drug-likeness (QED) is 0.635. The van der Waals surface area contributed by atoms with Crippen LogP contribution in [0.15, 0.2) is 28.7 Å². The maximum absolute atomic E-state index is 12.0. The maximum Gasteiger partial charge on any atom is 0.326 e. The van der Waals surface area contributed by atoms with Gasteiger partial charge < -0.3 is 15.2 Å². The number of ether oxygens (including phenoxy) is 1. The van der Waals surface area contributed by atoms with Crippen LogP contribution in [0.3, 0.4) is 0 Å². The molecule has 2 N–H and O–H groups in total. The summed E-state index contributed by atoms with van der Waals surface area (Å²) < 4.78 is 6.42. The molecule has 0 saturated heterocycles. The van der Waals surface area contributed by atoms with Crippen molar-refractivity contribution in [3.8, 4) is 5.75 Å². The Balaban J connectivity index is 2.53. The Morgan fingerprint density at radius 1 is 1.36 bits per heavy atom. The van der Waals surface area contributed by atoms with Crippen LogP contribution in [-0.4, -0.2) is 40.6 Å². The SMILES string of the molecule is CCSCCC(NC(=O)C(C)Oc1ccc(Br)cc1)C(=O)O. The highest BCUT2D eigenvalue weighted by molar-refractivity contribution is 9.10. The van der Waals surface area contributed by atoms with Crippen LogP contribution < -0.4 is 10.1 Å². The zero-order valence-corrected chi connectivity index (χ0v) is 14.9. The third kappa shape index (κ3) is 6.70. The molecule has 0 aliphatic rings. The summed E-state index contributed by atoms with van der Waals surface area (Å²) in [6.45, 7) is 3.60. The first-order chi connectivity index (χ1) is 10.4. The summed E-state index contributed by atoms with van der Waals surface area (Å²) in [6, 6.07) is 6.20. The van der Waals surface area contributed by atoms with E-state index in [-0.39, 0.29) is 0 Å². The van der Waals surface area contributed by atoms with Crippen LogP contribution in [0.25, 0.3) is 0 Å². The fourth-order valence-electron chi connectivity index (χ4n) is 1.66. The molecule has 1 rings (SSSR count). The molecule has 1 amide bonds. The van der Waals surface area contributed by atoms with E-state index in [4.69, 9.17) is 9.84 Å². The summed E-state index contributed by atoms with van der Waals surface area (Å²) >= 11 is 4.96. The van der Waals surface area contributed by atoms with Crippen molar-refractivity contribution >= 4 is 39.6 Å². The fourth-order valence-corrected chi connectivity index (χ4v) is 2.62. The molecule has 0 fully saturated rings. The summed E-state index contributed by atoms with van der Waals surface area (Å²) in [6.07, 6.45) is -0.369. The fraction of sp³-hybridized carbons (Fsp3) is 0.467. The van der Waals surface area contributed by atoms with Crippen molar-refractivity contribution in [1.82, 2.24) is 5.32 Å². The van der Waals surface area contributed by atoms with Crippen molar-refractivity contribution in [2.24, 2.45) is 0 Å². The van der Waals surface area contributed by atoms with E-state index >= 15 is 0 Å². The van der Waals surface area contributed by atoms with Gasteiger partial charge in [-0.2, -0.15) is 11.8 Å². The molecule has 0 aliphatic carbocycles. The van der Waals surface area contributed by atoms with Crippen molar-refractivity contribution in [2.45, 2.75) is 32.4 Å². The molecule has 0 bridgehead atoms. The lowest BCUT2D eigenvalue weighted by molar-refractivity contribution is -0.142. The third-order valence-electron chi connectivity index (χ3n) is 2.87. The molecular formula is C15H20BrNO4S. The number of hydrogen-bond donors (Lipinski definition) is 2. The number of thioether (sulfide) groups is 1. The Kier molecular flexibility index (Phi) is 8.34. The molecule has 5 nitrogen and oxygen atoms in total. The van der Waals surface area contributed by atoms with Gasteiger partial charge in [0.25, 0.3) is 5.91 Å². The monoisotopic (exact) mass is 389 g/mol.